The van der Waals surface area contributed by atoms with Crippen LogP contribution in [-0.4, -0.2) is 18.1 Å². The van der Waals surface area contributed by atoms with Gasteiger partial charge in [-0.2, -0.15) is 0 Å². The smallest absolute Gasteiger partial charge is 0.0306 e. The Morgan fingerprint density at radius 3 is 2.40 bits per heavy atom. The minimum atomic E-state index is 0.231. The standard InChI is InChI=1S/C18H36N2/c1-14(2)15-6-5-9-18(13-19,11-7-15)20-16-8-10-17(3,4)12-16/h14-16,20H,5-13,19H2,1-4H3. The molecular formula is C18H36N2. The average molecular weight is 281 g/mol. The first-order valence-electron chi connectivity index (χ1n) is 8.84. The van der Waals surface area contributed by atoms with Crippen LogP contribution in [0.3, 0.4) is 0 Å². The lowest BCUT2D eigenvalue weighted by molar-refractivity contribution is 0.241. The Balaban J connectivity index is 1.96. The summed E-state index contributed by atoms with van der Waals surface area (Å²) in [6.07, 6.45) is 10.7. The van der Waals surface area contributed by atoms with Crippen LogP contribution in [0.2, 0.25) is 0 Å². The molecule has 3 unspecified atom stereocenters. The molecule has 2 fully saturated rings. The number of nitrogens with one attached hydrogen (secondary N) is 1. The monoisotopic (exact) mass is 280 g/mol. The highest BCUT2D eigenvalue weighted by atomic mass is 15.0. The van der Waals surface area contributed by atoms with Crippen molar-refractivity contribution in [1.29, 1.82) is 0 Å². The van der Waals surface area contributed by atoms with E-state index >= 15 is 0 Å². The van der Waals surface area contributed by atoms with Gasteiger partial charge in [0.15, 0.2) is 0 Å². The zero-order valence-electron chi connectivity index (χ0n) is 14.2. The lowest BCUT2D eigenvalue weighted by atomic mass is 9.85. The summed E-state index contributed by atoms with van der Waals surface area (Å²) in [7, 11) is 0. The molecule has 2 aliphatic rings. The van der Waals surface area contributed by atoms with Crippen molar-refractivity contribution in [2.45, 2.75) is 90.6 Å². The molecule has 0 aliphatic heterocycles. The summed E-state index contributed by atoms with van der Waals surface area (Å²) in [5.41, 5.74) is 6.97. The Hall–Kier alpha value is -0.0800. The summed E-state index contributed by atoms with van der Waals surface area (Å²) in [6, 6.07) is 0.698. The van der Waals surface area contributed by atoms with Gasteiger partial charge in [-0.15, -0.1) is 0 Å². The van der Waals surface area contributed by atoms with Crippen LogP contribution in [0.5, 0.6) is 0 Å². The molecule has 0 radical (unpaired) electrons. The fourth-order valence-electron chi connectivity index (χ4n) is 4.50. The van der Waals surface area contributed by atoms with Crippen LogP contribution in [0.15, 0.2) is 0 Å². The quantitative estimate of drug-likeness (QED) is 0.761. The normalized spacial score (nSPS) is 38.1. The second-order valence-corrected chi connectivity index (χ2v) is 8.67. The van der Waals surface area contributed by atoms with Crippen molar-refractivity contribution in [3.8, 4) is 0 Å². The van der Waals surface area contributed by atoms with Gasteiger partial charge in [-0.1, -0.05) is 40.5 Å². The van der Waals surface area contributed by atoms with Gasteiger partial charge in [0.2, 0.25) is 0 Å². The first-order chi connectivity index (χ1) is 9.36. The van der Waals surface area contributed by atoms with E-state index in [0.29, 0.717) is 11.5 Å². The summed E-state index contributed by atoms with van der Waals surface area (Å²) in [5.74, 6) is 1.74. The Labute approximate surface area is 126 Å². The Morgan fingerprint density at radius 2 is 1.85 bits per heavy atom. The van der Waals surface area contributed by atoms with Crippen LogP contribution in [0.25, 0.3) is 0 Å². The van der Waals surface area contributed by atoms with E-state index in [2.05, 4.69) is 33.0 Å². The van der Waals surface area contributed by atoms with Crippen molar-refractivity contribution in [3.63, 3.8) is 0 Å². The van der Waals surface area contributed by atoms with E-state index in [9.17, 15) is 0 Å². The maximum absolute atomic E-state index is 6.21. The molecule has 2 nitrogen and oxygen atoms in total. The van der Waals surface area contributed by atoms with Gasteiger partial charge < -0.3 is 11.1 Å². The van der Waals surface area contributed by atoms with Crippen LogP contribution in [0.1, 0.15) is 79.1 Å². The molecule has 2 saturated carbocycles. The van der Waals surface area contributed by atoms with E-state index in [4.69, 9.17) is 5.73 Å². The number of hydrogen-bond donors (Lipinski definition) is 2. The second kappa shape index (κ2) is 6.36. The van der Waals surface area contributed by atoms with Gasteiger partial charge >= 0.3 is 0 Å². The molecule has 2 heteroatoms. The largest absolute Gasteiger partial charge is 0.329 e. The third kappa shape index (κ3) is 3.98. The Bertz CT molecular complexity index is 311. The predicted molar refractivity (Wildman–Crippen MR) is 87.8 cm³/mol. The number of nitrogens with two attached hydrogens (primary N) is 1. The molecule has 118 valence electrons. The Kier molecular flexibility index (Phi) is 5.18. The third-order valence-electron chi connectivity index (χ3n) is 6.04. The highest BCUT2D eigenvalue weighted by Crippen LogP contribution is 2.40. The maximum Gasteiger partial charge on any atom is 0.0306 e. The molecular weight excluding hydrogens is 244 g/mol. The van der Waals surface area contributed by atoms with Crippen LogP contribution >= 0.6 is 0 Å². The van der Waals surface area contributed by atoms with Crippen LogP contribution in [0.4, 0.5) is 0 Å². The minimum absolute atomic E-state index is 0.231. The summed E-state index contributed by atoms with van der Waals surface area (Å²) >= 11 is 0. The highest BCUT2D eigenvalue weighted by Gasteiger charge is 2.38. The molecule has 0 spiro atoms. The molecule has 0 heterocycles. The van der Waals surface area contributed by atoms with Gasteiger partial charge in [0, 0.05) is 18.1 Å². The summed E-state index contributed by atoms with van der Waals surface area (Å²) < 4.78 is 0. The van der Waals surface area contributed by atoms with Crippen LogP contribution in [-0.2, 0) is 0 Å². The van der Waals surface area contributed by atoms with E-state index in [1.54, 1.807) is 0 Å². The molecule has 3 N–H and O–H groups in total. The van der Waals surface area contributed by atoms with E-state index < -0.39 is 0 Å². The third-order valence-corrected chi connectivity index (χ3v) is 6.04. The van der Waals surface area contributed by atoms with E-state index in [0.717, 1.165) is 18.4 Å². The fourth-order valence-corrected chi connectivity index (χ4v) is 4.50. The number of hydrogen-bond acceptors (Lipinski definition) is 2. The fraction of sp³-hybridized carbons (Fsp3) is 1.00. The first kappa shape index (κ1) is 16.3. The van der Waals surface area contributed by atoms with Gasteiger partial charge in [0.1, 0.15) is 0 Å². The summed E-state index contributed by atoms with van der Waals surface area (Å²) in [4.78, 5) is 0. The van der Waals surface area contributed by atoms with E-state index in [1.807, 2.05) is 0 Å². The number of rotatable bonds is 4. The molecule has 0 aromatic rings. The predicted octanol–water partition coefficient (Wildman–Crippen LogP) is 4.09. The van der Waals surface area contributed by atoms with Crippen molar-refractivity contribution in [3.05, 3.63) is 0 Å². The zero-order chi connectivity index (χ0) is 14.8. The molecule has 0 aromatic carbocycles. The highest BCUT2D eigenvalue weighted by molar-refractivity contribution is 4.97. The van der Waals surface area contributed by atoms with Crippen molar-refractivity contribution in [1.82, 2.24) is 5.32 Å². The minimum Gasteiger partial charge on any atom is -0.329 e. The maximum atomic E-state index is 6.21. The second-order valence-electron chi connectivity index (χ2n) is 8.67. The summed E-state index contributed by atoms with van der Waals surface area (Å²) in [5, 5.41) is 4.01. The molecule has 0 bridgehead atoms. The molecule has 0 saturated heterocycles. The zero-order valence-corrected chi connectivity index (χ0v) is 14.2. The van der Waals surface area contributed by atoms with Gasteiger partial charge in [0.25, 0.3) is 0 Å². The molecule has 2 rings (SSSR count). The lowest BCUT2D eigenvalue weighted by Crippen LogP contribution is -2.54. The molecule has 0 amide bonds. The first-order valence-corrected chi connectivity index (χ1v) is 8.84. The lowest BCUT2D eigenvalue weighted by Gasteiger charge is -2.36. The van der Waals surface area contributed by atoms with Crippen molar-refractivity contribution in [2.75, 3.05) is 6.54 Å². The van der Waals surface area contributed by atoms with Gasteiger partial charge in [0.05, 0.1) is 0 Å². The molecule has 2 aliphatic carbocycles. The average Bonchev–Trinajstić information content (AvgIpc) is 2.61. The van der Waals surface area contributed by atoms with Gasteiger partial charge in [-0.25, -0.2) is 0 Å². The topological polar surface area (TPSA) is 38.0 Å². The molecule has 20 heavy (non-hydrogen) atoms. The van der Waals surface area contributed by atoms with Gasteiger partial charge in [-0.05, 0) is 55.8 Å². The van der Waals surface area contributed by atoms with Crippen LogP contribution in [0, 0.1) is 17.3 Å². The Morgan fingerprint density at radius 1 is 1.10 bits per heavy atom. The summed E-state index contributed by atoms with van der Waals surface area (Å²) in [6.45, 7) is 10.4. The van der Waals surface area contributed by atoms with Crippen molar-refractivity contribution in [2.24, 2.45) is 23.0 Å². The van der Waals surface area contributed by atoms with Crippen LogP contribution < -0.4 is 11.1 Å². The molecule has 3 atom stereocenters. The van der Waals surface area contributed by atoms with Crippen molar-refractivity contribution >= 4 is 0 Å². The van der Waals surface area contributed by atoms with Crippen molar-refractivity contribution < 1.29 is 0 Å². The SMILES string of the molecule is CC(C)C1CCCC(CN)(NC2CCC(C)(C)C2)CC1. The van der Waals surface area contributed by atoms with E-state index in [1.165, 1.54) is 51.4 Å². The molecule has 0 aromatic heterocycles. The van der Waals surface area contributed by atoms with Gasteiger partial charge in [-0.3, -0.25) is 0 Å². The van der Waals surface area contributed by atoms with E-state index in [-0.39, 0.29) is 5.54 Å².